The SMILES string of the molecule is CC1CC1NCc1cn2ccsc2n1. The molecule has 2 aromatic heterocycles. The third kappa shape index (κ3) is 1.44. The Bertz CT molecular complexity index is 416. The van der Waals surface area contributed by atoms with Gasteiger partial charge in [0.1, 0.15) is 0 Å². The van der Waals surface area contributed by atoms with E-state index in [9.17, 15) is 0 Å². The summed E-state index contributed by atoms with van der Waals surface area (Å²) in [6.07, 6.45) is 5.48. The van der Waals surface area contributed by atoms with Gasteiger partial charge in [-0.3, -0.25) is 4.40 Å². The van der Waals surface area contributed by atoms with Gasteiger partial charge in [0, 0.05) is 30.4 Å². The summed E-state index contributed by atoms with van der Waals surface area (Å²) < 4.78 is 2.08. The van der Waals surface area contributed by atoms with Crippen molar-refractivity contribution in [2.45, 2.75) is 25.9 Å². The molecule has 14 heavy (non-hydrogen) atoms. The number of aromatic nitrogens is 2. The van der Waals surface area contributed by atoms with Crippen molar-refractivity contribution in [1.82, 2.24) is 14.7 Å². The van der Waals surface area contributed by atoms with Crippen LogP contribution in [0.15, 0.2) is 17.8 Å². The highest BCUT2D eigenvalue weighted by atomic mass is 32.1. The maximum Gasteiger partial charge on any atom is 0.193 e. The zero-order chi connectivity index (χ0) is 9.54. The third-order valence-corrected chi connectivity index (χ3v) is 3.57. The first-order chi connectivity index (χ1) is 6.83. The van der Waals surface area contributed by atoms with Crippen molar-refractivity contribution >= 4 is 16.3 Å². The van der Waals surface area contributed by atoms with Crippen LogP contribution >= 0.6 is 11.3 Å². The molecule has 0 saturated heterocycles. The van der Waals surface area contributed by atoms with Gasteiger partial charge >= 0.3 is 0 Å². The average molecular weight is 207 g/mol. The highest BCUT2D eigenvalue weighted by molar-refractivity contribution is 7.15. The van der Waals surface area contributed by atoms with Crippen LogP contribution in [-0.4, -0.2) is 15.4 Å². The highest BCUT2D eigenvalue weighted by Crippen LogP contribution is 2.29. The van der Waals surface area contributed by atoms with Crippen LogP contribution in [0.2, 0.25) is 0 Å². The van der Waals surface area contributed by atoms with Gasteiger partial charge < -0.3 is 5.32 Å². The molecule has 2 heterocycles. The Morgan fingerprint density at radius 1 is 1.71 bits per heavy atom. The van der Waals surface area contributed by atoms with Crippen LogP contribution in [0.4, 0.5) is 0 Å². The summed E-state index contributed by atoms with van der Waals surface area (Å²) in [7, 11) is 0. The van der Waals surface area contributed by atoms with Gasteiger partial charge in [0.05, 0.1) is 5.69 Å². The van der Waals surface area contributed by atoms with E-state index in [0.29, 0.717) is 0 Å². The predicted octanol–water partition coefficient (Wildman–Crippen LogP) is 1.89. The minimum absolute atomic E-state index is 0.731. The molecule has 4 heteroatoms. The predicted molar refractivity (Wildman–Crippen MR) is 57.5 cm³/mol. The molecule has 1 saturated carbocycles. The lowest BCUT2D eigenvalue weighted by molar-refractivity contribution is 0.644. The first-order valence-electron chi connectivity index (χ1n) is 4.97. The van der Waals surface area contributed by atoms with E-state index in [1.165, 1.54) is 6.42 Å². The molecule has 1 aliphatic carbocycles. The Morgan fingerprint density at radius 2 is 2.57 bits per heavy atom. The maximum absolute atomic E-state index is 4.52. The van der Waals surface area contributed by atoms with Crippen molar-refractivity contribution in [2.24, 2.45) is 5.92 Å². The molecule has 0 aromatic carbocycles. The summed E-state index contributed by atoms with van der Waals surface area (Å²) in [5.74, 6) is 0.860. The lowest BCUT2D eigenvalue weighted by Gasteiger charge is -1.98. The molecule has 1 aliphatic rings. The molecule has 0 amide bonds. The van der Waals surface area contributed by atoms with Gasteiger partial charge in [-0.1, -0.05) is 6.92 Å². The summed E-state index contributed by atoms with van der Waals surface area (Å²) >= 11 is 1.68. The summed E-state index contributed by atoms with van der Waals surface area (Å²) in [4.78, 5) is 5.61. The second-order valence-electron chi connectivity index (χ2n) is 4.03. The Labute approximate surface area is 86.8 Å². The molecule has 0 radical (unpaired) electrons. The quantitative estimate of drug-likeness (QED) is 0.833. The topological polar surface area (TPSA) is 29.3 Å². The minimum atomic E-state index is 0.731. The molecule has 2 atom stereocenters. The fourth-order valence-corrected chi connectivity index (χ4v) is 2.42. The van der Waals surface area contributed by atoms with Gasteiger partial charge in [0.15, 0.2) is 4.96 Å². The number of fused-ring (bicyclic) bond motifs is 1. The molecule has 0 bridgehead atoms. The molecular formula is C10H13N3S. The second-order valence-corrected chi connectivity index (χ2v) is 4.90. The summed E-state index contributed by atoms with van der Waals surface area (Å²) in [6.45, 7) is 3.19. The minimum Gasteiger partial charge on any atom is -0.308 e. The van der Waals surface area contributed by atoms with Crippen LogP contribution in [0.5, 0.6) is 0 Å². The molecule has 1 fully saturated rings. The molecule has 2 aromatic rings. The molecule has 1 N–H and O–H groups in total. The summed E-state index contributed by atoms with van der Waals surface area (Å²) in [5.41, 5.74) is 1.15. The van der Waals surface area contributed by atoms with Crippen LogP contribution in [-0.2, 0) is 6.54 Å². The van der Waals surface area contributed by atoms with Crippen molar-refractivity contribution in [2.75, 3.05) is 0 Å². The molecule has 0 aliphatic heterocycles. The Hall–Kier alpha value is -0.870. The largest absolute Gasteiger partial charge is 0.308 e. The van der Waals surface area contributed by atoms with E-state index in [1.807, 2.05) is 0 Å². The second kappa shape index (κ2) is 3.07. The summed E-state index contributed by atoms with van der Waals surface area (Å²) in [5, 5.41) is 5.56. The molecule has 2 unspecified atom stereocenters. The van der Waals surface area contributed by atoms with Crippen molar-refractivity contribution in [3.05, 3.63) is 23.5 Å². The maximum atomic E-state index is 4.52. The Balaban J connectivity index is 1.69. The van der Waals surface area contributed by atoms with E-state index in [1.54, 1.807) is 11.3 Å². The Kier molecular flexibility index (Phi) is 1.85. The van der Waals surface area contributed by atoms with Gasteiger partial charge in [0.25, 0.3) is 0 Å². The smallest absolute Gasteiger partial charge is 0.193 e. The number of thiazole rings is 1. The van der Waals surface area contributed by atoms with Crippen LogP contribution in [0.25, 0.3) is 4.96 Å². The van der Waals surface area contributed by atoms with Gasteiger partial charge in [-0.2, -0.15) is 0 Å². The van der Waals surface area contributed by atoms with Gasteiger partial charge in [-0.15, -0.1) is 11.3 Å². The van der Waals surface area contributed by atoms with Crippen LogP contribution in [0, 0.1) is 5.92 Å². The van der Waals surface area contributed by atoms with Crippen LogP contribution in [0.1, 0.15) is 19.0 Å². The zero-order valence-electron chi connectivity index (χ0n) is 8.10. The van der Waals surface area contributed by atoms with Crippen molar-refractivity contribution in [3.63, 3.8) is 0 Å². The first-order valence-corrected chi connectivity index (χ1v) is 5.85. The van der Waals surface area contributed by atoms with Crippen LogP contribution in [0.3, 0.4) is 0 Å². The fourth-order valence-electron chi connectivity index (χ4n) is 1.70. The van der Waals surface area contributed by atoms with Gasteiger partial charge in [0.2, 0.25) is 0 Å². The lowest BCUT2D eigenvalue weighted by Crippen LogP contribution is -2.17. The number of nitrogens with zero attached hydrogens (tertiary/aromatic N) is 2. The molecular weight excluding hydrogens is 194 g/mol. The Morgan fingerprint density at radius 3 is 3.29 bits per heavy atom. The number of hydrogen-bond acceptors (Lipinski definition) is 3. The molecule has 3 nitrogen and oxygen atoms in total. The van der Waals surface area contributed by atoms with Crippen molar-refractivity contribution in [1.29, 1.82) is 0 Å². The number of imidazole rings is 1. The van der Waals surface area contributed by atoms with E-state index in [4.69, 9.17) is 0 Å². The first kappa shape index (κ1) is 8.44. The third-order valence-electron chi connectivity index (χ3n) is 2.80. The standard InChI is InChI=1S/C10H13N3S/c1-7-4-9(7)11-5-8-6-13-2-3-14-10(13)12-8/h2-3,6-7,9,11H,4-5H2,1H3. The molecule has 0 spiro atoms. The zero-order valence-corrected chi connectivity index (χ0v) is 8.92. The van der Waals surface area contributed by atoms with Crippen LogP contribution < -0.4 is 5.32 Å². The average Bonchev–Trinajstić information content (AvgIpc) is 2.61. The van der Waals surface area contributed by atoms with Crippen molar-refractivity contribution in [3.8, 4) is 0 Å². The monoisotopic (exact) mass is 207 g/mol. The lowest BCUT2D eigenvalue weighted by atomic mass is 10.4. The van der Waals surface area contributed by atoms with E-state index < -0.39 is 0 Å². The molecule has 3 rings (SSSR count). The molecule has 74 valence electrons. The van der Waals surface area contributed by atoms with Crippen molar-refractivity contribution < 1.29 is 0 Å². The summed E-state index contributed by atoms with van der Waals surface area (Å²) in [6, 6.07) is 0.731. The van der Waals surface area contributed by atoms with E-state index in [-0.39, 0.29) is 0 Å². The van der Waals surface area contributed by atoms with E-state index >= 15 is 0 Å². The van der Waals surface area contributed by atoms with E-state index in [0.717, 1.165) is 29.2 Å². The van der Waals surface area contributed by atoms with Gasteiger partial charge in [-0.25, -0.2) is 4.98 Å². The fraction of sp³-hybridized carbons (Fsp3) is 0.500. The number of hydrogen-bond donors (Lipinski definition) is 1. The highest BCUT2D eigenvalue weighted by Gasteiger charge is 2.31. The van der Waals surface area contributed by atoms with E-state index in [2.05, 4.69) is 39.4 Å². The number of nitrogens with one attached hydrogen (secondary N) is 1. The van der Waals surface area contributed by atoms with Gasteiger partial charge in [-0.05, 0) is 12.3 Å². The number of rotatable bonds is 3. The normalized spacial score (nSPS) is 25.8.